The van der Waals surface area contributed by atoms with E-state index in [0.29, 0.717) is 5.92 Å². The maximum atomic E-state index is 9.26. The lowest BCUT2D eigenvalue weighted by atomic mass is 9.94. The third-order valence-corrected chi connectivity index (χ3v) is 3.46. The molecular formula is C11H24N2O2. The van der Waals surface area contributed by atoms with E-state index in [2.05, 4.69) is 4.90 Å². The molecule has 1 saturated heterocycles. The summed E-state index contributed by atoms with van der Waals surface area (Å²) in [6, 6.07) is 0.232. The van der Waals surface area contributed by atoms with Crippen molar-refractivity contribution in [1.82, 2.24) is 4.90 Å². The van der Waals surface area contributed by atoms with Gasteiger partial charge < -0.3 is 15.6 Å². The van der Waals surface area contributed by atoms with Crippen molar-refractivity contribution in [2.75, 3.05) is 33.4 Å². The molecule has 2 unspecified atom stereocenters. The molecule has 0 bridgehead atoms. The van der Waals surface area contributed by atoms with Crippen LogP contribution in [0, 0.1) is 5.92 Å². The van der Waals surface area contributed by atoms with E-state index < -0.39 is 0 Å². The number of hydrogen-bond donors (Lipinski definition) is 2. The quantitative estimate of drug-likeness (QED) is 0.697. The van der Waals surface area contributed by atoms with Gasteiger partial charge in [-0.3, -0.25) is 4.90 Å². The number of hydrogen-bond acceptors (Lipinski definition) is 4. The van der Waals surface area contributed by atoms with Crippen molar-refractivity contribution in [2.45, 2.75) is 31.8 Å². The molecule has 0 amide bonds. The smallest absolute Gasteiger partial charge is 0.0609 e. The number of aliphatic hydroxyl groups is 1. The van der Waals surface area contributed by atoms with Crippen molar-refractivity contribution in [1.29, 1.82) is 0 Å². The van der Waals surface area contributed by atoms with Crippen LogP contribution in [0.3, 0.4) is 0 Å². The second-order valence-electron chi connectivity index (χ2n) is 5.14. The molecule has 4 heteroatoms. The van der Waals surface area contributed by atoms with E-state index in [4.69, 9.17) is 10.5 Å². The standard InChI is InChI=1S/C11H24N2O2/c1-11(2,8-14)13(3)6-9-7-15-5-4-10(9)12/h9-10,14H,4-8,12H2,1-3H3. The van der Waals surface area contributed by atoms with E-state index >= 15 is 0 Å². The molecule has 4 nitrogen and oxygen atoms in total. The Morgan fingerprint density at radius 3 is 2.73 bits per heavy atom. The molecule has 0 aromatic carbocycles. The molecule has 1 rings (SSSR count). The molecule has 0 saturated carbocycles. The Balaban J connectivity index is 2.45. The van der Waals surface area contributed by atoms with E-state index in [9.17, 15) is 5.11 Å². The van der Waals surface area contributed by atoms with Gasteiger partial charge in [0.1, 0.15) is 0 Å². The first-order valence-electron chi connectivity index (χ1n) is 5.63. The summed E-state index contributed by atoms with van der Waals surface area (Å²) in [4.78, 5) is 2.16. The second-order valence-corrected chi connectivity index (χ2v) is 5.14. The van der Waals surface area contributed by atoms with Crippen LogP contribution >= 0.6 is 0 Å². The molecule has 1 heterocycles. The van der Waals surface area contributed by atoms with Crippen LogP contribution in [-0.2, 0) is 4.74 Å². The Kier molecular flexibility index (Phi) is 4.52. The van der Waals surface area contributed by atoms with Crippen molar-refractivity contribution in [3.05, 3.63) is 0 Å². The molecular weight excluding hydrogens is 192 g/mol. The molecule has 0 aromatic rings. The zero-order chi connectivity index (χ0) is 11.5. The van der Waals surface area contributed by atoms with Gasteiger partial charge in [-0.25, -0.2) is 0 Å². The highest BCUT2D eigenvalue weighted by Crippen LogP contribution is 2.18. The molecule has 3 N–H and O–H groups in total. The summed E-state index contributed by atoms with van der Waals surface area (Å²) in [5, 5.41) is 9.26. The first kappa shape index (κ1) is 12.9. The molecule has 2 atom stereocenters. The highest BCUT2D eigenvalue weighted by atomic mass is 16.5. The summed E-state index contributed by atoms with van der Waals surface area (Å²) >= 11 is 0. The predicted octanol–water partition coefficient (Wildman–Crippen LogP) is 0.0529. The highest BCUT2D eigenvalue weighted by Gasteiger charge is 2.29. The second kappa shape index (κ2) is 5.25. The van der Waals surface area contributed by atoms with Gasteiger partial charge in [0.05, 0.1) is 13.2 Å². The Hall–Kier alpha value is -0.160. The molecule has 15 heavy (non-hydrogen) atoms. The van der Waals surface area contributed by atoms with Gasteiger partial charge in [-0.2, -0.15) is 0 Å². The van der Waals surface area contributed by atoms with Crippen molar-refractivity contribution < 1.29 is 9.84 Å². The molecule has 0 radical (unpaired) electrons. The van der Waals surface area contributed by atoms with E-state index in [0.717, 1.165) is 26.2 Å². The monoisotopic (exact) mass is 216 g/mol. The fourth-order valence-corrected chi connectivity index (χ4v) is 1.72. The van der Waals surface area contributed by atoms with Crippen LogP contribution in [0.4, 0.5) is 0 Å². The van der Waals surface area contributed by atoms with Crippen molar-refractivity contribution in [2.24, 2.45) is 11.7 Å². The number of nitrogens with two attached hydrogens (primary N) is 1. The minimum absolute atomic E-state index is 0.159. The molecule has 90 valence electrons. The fourth-order valence-electron chi connectivity index (χ4n) is 1.72. The van der Waals surface area contributed by atoms with Crippen LogP contribution in [0.15, 0.2) is 0 Å². The van der Waals surface area contributed by atoms with E-state index in [1.54, 1.807) is 0 Å². The van der Waals surface area contributed by atoms with Gasteiger partial charge >= 0.3 is 0 Å². The van der Waals surface area contributed by atoms with E-state index in [-0.39, 0.29) is 18.2 Å². The van der Waals surface area contributed by atoms with Crippen LogP contribution in [0.2, 0.25) is 0 Å². The fraction of sp³-hybridized carbons (Fsp3) is 1.00. The maximum Gasteiger partial charge on any atom is 0.0609 e. The van der Waals surface area contributed by atoms with Crippen molar-refractivity contribution in [3.63, 3.8) is 0 Å². The molecule has 0 aromatic heterocycles. The summed E-state index contributed by atoms with van der Waals surface area (Å²) < 4.78 is 5.43. The Morgan fingerprint density at radius 1 is 1.53 bits per heavy atom. The lowest BCUT2D eigenvalue weighted by Crippen LogP contribution is -2.51. The lowest BCUT2D eigenvalue weighted by molar-refractivity contribution is 0.00307. The third kappa shape index (κ3) is 3.41. The maximum absolute atomic E-state index is 9.26. The zero-order valence-electron chi connectivity index (χ0n) is 10.1. The number of likely N-dealkylation sites (N-methyl/N-ethyl adjacent to an activating group) is 1. The van der Waals surface area contributed by atoms with E-state index in [1.807, 2.05) is 20.9 Å². The van der Waals surface area contributed by atoms with E-state index in [1.165, 1.54) is 0 Å². The van der Waals surface area contributed by atoms with Gasteiger partial charge in [0.2, 0.25) is 0 Å². The van der Waals surface area contributed by atoms with Gasteiger partial charge in [-0.05, 0) is 27.3 Å². The molecule has 1 aliphatic rings. The number of aliphatic hydroxyl groups excluding tert-OH is 1. The number of rotatable bonds is 4. The van der Waals surface area contributed by atoms with Crippen LogP contribution in [-0.4, -0.2) is 55.0 Å². The van der Waals surface area contributed by atoms with Crippen LogP contribution in [0.1, 0.15) is 20.3 Å². The summed E-state index contributed by atoms with van der Waals surface area (Å²) in [6.07, 6.45) is 0.943. The first-order valence-corrected chi connectivity index (χ1v) is 5.63. The minimum Gasteiger partial charge on any atom is -0.394 e. The average molecular weight is 216 g/mol. The largest absolute Gasteiger partial charge is 0.394 e. The van der Waals surface area contributed by atoms with Crippen LogP contribution < -0.4 is 5.73 Å². The minimum atomic E-state index is -0.183. The SMILES string of the molecule is CN(CC1COCCC1N)C(C)(C)CO. The van der Waals surface area contributed by atoms with Gasteiger partial charge in [0.25, 0.3) is 0 Å². The third-order valence-electron chi connectivity index (χ3n) is 3.46. The van der Waals surface area contributed by atoms with Crippen LogP contribution in [0.5, 0.6) is 0 Å². The molecule has 0 spiro atoms. The topological polar surface area (TPSA) is 58.7 Å². The number of nitrogens with zero attached hydrogens (tertiary/aromatic N) is 1. The zero-order valence-corrected chi connectivity index (χ0v) is 10.1. The van der Waals surface area contributed by atoms with Crippen molar-refractivity contribution in [3.8, 4) is 0 Å². The molecule has 1 fully saturated rings. The lowest BCUT2D eigenvalue weighted by Gasteiger charge is -2.39. The summed E-state index contributed by atoms with van der Waals surface area (Å²) in [5.74, 6) is 0.384. The molecule has 0 aliphatic carbocycles. The number of ether oxygens (including phenoxy) is 1. The summed E-state index contributed by atoms with van der Waals surface area (Å²) in [7, 11) is 2.03. The summed E-state index contributed by atoms with van der Waals surface area (Å²) in [6.45, 7) is 6.63. The van der Waals surface area contributed by atoms with Gasteiger partial charge in [0.15, 0.2) is 0 Å². The van der Waals surface area contributed by atoms with Gasteiger partial charge in [0, 0.05) is 30.7 Å². The van der Waals surface area contributed by atoms with Crippen molar-refractivity contribution >= 4 is 0 Å². The Bertz CT molecular complexity index is 197. The summed E-state index contributed by atoms with van der Waals surface area (Å²) in [5.41, 5.74) is 5.86. The average Bonchev–Trinajstić information content (AvgIpc) is 2.21. The van der Waals surface area contributed by atoms with Gasteiger partial charge in [-0.1, -0.05) is 0 Å². The Morgan fingerprint density at radius 2 is 2.20 bits per heavy atom. The normalized spacial score (nSPS) is 28.4. The van der Waals surface area contributed by atoms with Crippen LogP contribution in [0.25, 0.3) is 0 Å². The predicted molar refractivity (Wildman–Crippen MR) is 60.7 cm³/mol. The Labute approximate surface area is 92.4 Å². The highest BCUT2D eigenvalue weighted by molar-refractivity contribution is 4.84. The molecule has 1 aliphatic heterocycles. The first-order chi connectivity index (χ1) is 6.97. The van der Waals surface area contributed by atoms with Gasteiger partial charge in [-0.15, -0.1) is 0 Å².